The summed E-state index contributed by atoms with van der Waals surface area (Å²) in [5, 5.41) is 0. The number of nitrogens with two attached hydrogens (primary N) is 1. The third-order valence-corrected chi connectivity index (χ3v) is 3.72. The molecule has 0 spiro atoms. The van der Waals surface area contributed by atoms with Crippen LogP contribution in [0, 0.1) is 0 Å². The van der Waals surface area contributed by atoms with Crippen LogP contribution in [0.3, 0.4) is 0 Å². The van der Waals surface area contributed by atoms with Crippen LogP contribution in [0.25, 0.3) is 0 Å². The van der Waals surface area contributed by atoms with Crippen LogP contribution in [-0.4, -0.2) is 24.2 Å². The molecule has 5 heteroatoms. The lowest BCUT2D eigenvalue weighted by atomic mass is 9.79. The number of benzene rings is 1. The first-order valence-corrected chi connectivity index (χ1v) is 6.48. The molecule has 0 aromatic heterocycles. The lowest BCUT2D eigenvalue weighted by Crippen LogP contribution is -2.41. The minimum Gasteiger partial charge on any atom is -0.399 e. The molecule has 1 fully saturated rings. The Morgan fingerprint density at radius 1 is 1.05 bits per heavy atom. The predicted octanol–water partition coefficient (Wildman–Crippen LogP) is 1.99. The molecular weight excluding hydrogens is 239 g/mol. The van der Waals surface area contributed by atoms with E-state index in [0.717, 1.165) is 11.2 Å². The van der Waals surface area contributed by atoms with Crippen LogP contribution >= 0.6 is 0 Å². The molecule has 0 radical (unpaired) electrons. The van der Waals surface area contributed by atoms with Gasteiger partial charge in [-0.25, -0.2) is 4.99 Å². The summed E-state index contributed by atoms with van der Waals surface area (Å²) >= 11 is 0. The van der Waals surface area contributed by atoms with Crippen LogP contribution in [-0.2, 0) is 9.31 Å². The van der Waals surface area contributed by atoms with Gasteiger partial charge in [0, 0.05) is 0 Å². The summed E-state index contributed by atoms with van der Waals surface area (Å²) in [6, 6.07) is 7.75. The van der Waals surface area contributed by atoms with E-state index in [-0.39, 0.29) is 18.3 Å². The minimum absolute atomic E-state index is 0.317. The third-order valence-electron chi connectivity index (χ3n) is 3.72. The summed E-state index contributed by atoms with van der Waals surface area (Å²) in [5.74, 6) is 0.545. The average molecular weight is 260 g/mol. The Morgan fingerprint density at radius 3 is 1.95 bits per heavy atom. The molecule has 1 aliphatic rings. The fraction of sp³-hybridized carbons (Fsp3) is 0.500. The van der Waals surface area contributed by atoms with Gasteiger partial charge in [0.1, 0.15) is 0 Å². The summed E-state index contributed by atoms with van der Waals surface area (Å²) in [5.41, 5.74) is 6.75. The Bertz CT molecular complexity index is 475. The summed E-state index contributed by atoms with van der Waals surface area (Å²) in [6.07, 6.45) is 0. The van der Waals surface area contributed by atoms with Gasteiger partial charge in [0.05, 0.1) is 22.7 Å². The Morgan fingerprint density at radius 2 is 1.53 bits per heavy atom. The molecule has 1 aromatic carbocycles. The van der Waals surface area contributed by atoms with Crippen molar-refractivity contribution in [2.45, 2.75) is 45.8 Å². The van der Waals surface area contributed by atoms with Crippen molar-refractivity contribution in [2.24, 2.45) is 10.7 Å². The number of nitrogens with zero attached hydrogens (tertiary/aromatic N) is 1. The van der Waals surface area contributed by atoms with Crippen LogP contribution in [0.2, 0.25) is 0 Å². The van der Waals surface area contributed by atoms with Crippen molar-refractivity contribution in [1.82, 2.24) is 0 Å². The highest BCUT2D eigenvalue weighted by Gasteiger charge is 2.51. The van der Waals surface area contributed by atoms with E-state index >= 15 is 0 Å². The molecule has 2 rings (SSSR count). The Kier molecular flexibility index (Phi) is 3.45. The third kappa shape index (κ3) is 2.82. The van der Waals surface area contributed by atoms with E-state index in [4.69, 9.17) is 15.0 Å². The van der Waals surface area contributed by atoms with Gasteiger partial charge in [-0.3, -0.25) is 0 Å². The highest BCUT2D eigenvalue weighted by atomic mass is 16.7. The maximum absolute atomic E-state index is 5.99. The zero-order valence-corrected chi connectivity index (χ0v) is 12.2. The van der Waals surface area contributed by atoms with Gasteiger partial charge in [0.2, 0.25) is 0 Å². The molecule has 1 aliphatic heterocycles. The Hall–Kier alpha value is -1.33. The average Bonchev–Trinajstić information content (AvgIpc) is 2.48. The number of hydrogen-bond acceptors (Lipinski definition) is 3. The Balaban J connectivity index is 2.19. The van der Waals surface area contributed by atoms with Crippen molar-refractivity contribution in [3.8, 4) is 0 Å². The van der Waals surface area contributed by atoms with Gasteiger partial charge in [-0.1, -0.05) is 12.1 Å². The van der Waals surface area contributed by atoms with E-state index in [9.17, 15) is 0 Å². The topological polar surface area (TPSA) is 56.8 Å². The van der Waals surface area contributed by atoms with Crippen LogP contribution in [0.15, 0.2) is 29.3 Å². The van der Waals surface area contributed by atoms with Gasteiger partial charge in [0.15, 0.2) is 0 Å². The Labute approximate surface area is 115 Å². The lowest BCUT2D eigenvalue weighted by molar-refractivity contribution is 0.00578. The van der Waals surface area contributed by atoms with E-state index in [1.807, 2.05) is 52.0 Å². The number of amidine groups is 1. The molecule has 19 heavy (non-hydrogen) atoms. The number of aliphatic imine (C=N–C) groups is 1. The molecule has 1 saturated heterocycles. The fourth-order valence-electron chi connectivity index (χ4n) is 1.89. The number of hydrogen-bond donors (Lipinski definition) is 1. The van der Waals surface area contributed by atoms with Gasteiger partial charge in [-0.15, -0.1) is 0 Å². The summed E-state index contributed by atoms with van der Waals surface area (Å²) in [4.78, 5) is 4.20. The van der Waals surface area contributed by atoms with Gasteiger partial charge >= 0.3 is 7.12 Å². The molecule has 1 heterocycles. The monoisotopic (exact) mass is 260 g/mol. The van der Waals surface area contributed by atoms with E-state index in [0.29, 0.717) is 5.84 Å². The zero-order chi connectivity index (χ0) is 14.3. The summed E-state index contributed by atoms with van der Waals surface area (Å²) in [6.45, 7) is 9.95. The first-order valence-electron chi connectivity index (χ1n) is 6.48. The van der Waals surface area contributed by atoms with E-state index in [1.54, 1.807) is 6.92 Å². The van der Waals surface area contributed by atoms with Crippen LogP contribution in [0.5, 0.6) is 0 Å². The summed E-state index contributed by atoms with van der Waals surface area (Å²) < 4.78 is 12.0. The van der Waals surface area contributed by atoms with E-state index in [2.05, 4.69) is 4.99 Å². The predicted molar refractivity (Wildman–Crippen MR) is 79.1 cm³/mol. The molecule has 0 saturated carbocycles. The summed E-state index contributed by atoms with van der Waals surface area (Å²) in [7, 11) is -0.331. The fourth-order valence-corrected chi connectivity index (χ4v) is 1.89. The molecule has 4 nitrogen and oxygen atoms in total. The first-order chi connectivity index (χ1) is 8.71. The highest BCUT2D eigenvalue weighted by molar-refractivity contribution is 6.62. The van der Waals surface area contributed by atoms with Crippen LogP contribution in [0.4, 0.5) is 5.69 Å². The SMILES string of the molecule is CC(N)=Nc1ccc(B2OC(C)(C)C(C)(C)O2)cc1. The molecule has 102 valence electrons. The van der Waals surface area contributed by atoms with Crippen LogP contribution < -0.4 is 11.2 Å². The van der Waals surface area contributed by atoms with Crippen molar-refractivity contribution < 1.29 is 9.31 Å². The maximum atomic E-state index is 5.99. The molecule has 0 amide bonds. The van der Waals surface area contributed by atoms with Crippen molar-refractivity contribution in [3.63, 3.8) is 0 Å². The molecule has 1 aromatic rings. The molecular formula is C14H21BN2O2. The zero-order valence-electron chi connectivity index (χ0n) is 12.2. The molecule has 2 N–H and O–H groups in total. The smallest absolute Gasteiger partial charge is 0.399 e. The van der Waals surface area contributed by atoms with Gasteiger partial charge in [0.25, 0.3) is 0 Å². The van der Waals surface area contributed by atoms with Gasteiger partial charge in [-0.05, 0) is 52.2 Å². The van der Waals surface area contributed by atoms with E-state index < -0.39 is 0 Å². The number of rotatable bonds is 2. The second kappa shape index (κ2) is 4.65. The standard InChI is InChI=1S/C14H21BN2O2/c1-10(16)17-12-8-6-11(7-9-12)15-18-13(2,3)14(4,5)19-15/h6-9H,1-5H3,(H2,16,17). The van der Waals surface area contributed by atoms with Crippen molar-refractivity contribution in [2.75, 3.05) is 0 Å². The highest BCUT2D eigenvalue weighted by Crippen LogP contribution is 2.36. The van der Waals surface area contributed by atoms with Crippen molar-refractivity contribution in [1.29, 1.82) is 0 Å². The second-order valence-electron chi connectivity index (χ2n) is 5.93. The van der Waals surface area contributed by atoms with Crippen molar-refractivity contribution >= 4 is 24.1 Å². The molecule has 0 atom stereocenters. The van der Waals surface area contributed by atoms with Gasteiger partial charge < -0.3 is 15.0 Å². The largest absolute Gasteiger partial charge is 0.494 e. The van der Waals surface area contributed by atoms with Crippen molar-refractivity contribution in [3.05, 3.63) is 24.3 Å². The lowest BCUT2D eigenvalue weighted by Gasteiger charge is -2.32. The van der Waals surface area contributed by atoms with E-state index in [1.165, 1.54) is 0 Å². The maximum Gasteiger partial charge on any atom is 0.494 e. The molecule has 0 unspecified atom stereocenters. The first kappa shape index (κ1) is 14.1. The second-order valence-corrected chi connectivity index (χ2v) is 5.93. The normalized spacial score (nSPS) is 21.7. The molecule has 0 aliphatic carbocycles. The quantitative estimate of drug-likeness (QED) is 0.502. The van der Waals surface area contributed by atoms with Gasteiger partial charge in [-0.2, -0.15) is 0 Å². The molecule has 0 bridgehead atoms. The minimum atomic E-state index is -0.331. The van der Waals surface area contributed by atoms with Crippen LogP contribution in [0.1, 0.15) is 34.6 Å².